The van der Waals surface area contributed by atoms with Gasteiger partial charge in [0.1, 0.15) is 6.26 Å². The summed E-state index contributed by atoms with van der Waals surface area (Å²) < 4.78 is 10.2. The van der Waals surface area contributed by atoms with Crippen molar-refractivity contribution in [3.63, 3.8) is 0 Å². The van der Waals surface area contributed by atoms with Crippen molar-refractivity contribution in [1.82, 2.24) is 15.5 Å². The molecule has 0 bridgehead atoms. The SMILES string of the molecule is CN1CCC(CNC(=O)CCc2nc(-c3ccoc3)no2)c2ccccc21. The number of aromatic nitrogens is 2. The minimum absolute atomic E-state index is 0.00512. The van der Waals surface area contributed by atoms with Crippen LogP contribution in [0.5, 0.6) is 0 Å². The van der Waals surface area contributed by atoms with E-state index in [-0.39, 0.29) is 5.91 Å². The zero-order chi connectivity index (χ0) is 18.6. The highest BCUT2D eigenvalue weighted by Gasteiger charge is 2.23. The Balaban J connectivity index is 1.29. The van der Waals surface area contributed by atoms with Gasteiger partial charge in [-0.2, -0.15) is 4.98 Å². The average Bonchev–Trinajstić information content (AvgIpc) is 3.38. The number of nitrogens with zero attached hydrogens (tertiary/aromatic N) is 3. The molecule has 0 spiro atoms. The van der Waals surface area contributed by atoms with E-state index in [0.717, 1.165) is 18.5 Å². The first-order valence-electron chi connectivity index (χ1n) is 9.12. The minimum Gasteiger partial charge on any atom is -0.472 e. The van der Waals surface area contributed by atoms with Gasteiger partial charge in [0.25, 0.3) is 0 Å². The van der Waals surface area contributed by atoms with E-state index in [1.54, 1.807) is 18.6 Å². The number of aryl methyl sites for hydroxylation is 1. The van der Waals surface area contributed by atoms with E-state index in [2.05, 4.69) is 51.7 Å². The summed E-state index contributed by atoms with van der Waals surface area (Å²) in [6.07, 6.45) is 4.88. The molecule has 1 atom stereocenters. The number of hydrogen-bond donors (Lipinski definition) is 1. The number of anilines is 1. The minimum atomic E-state index is -0.00512. The lowest BCUT2D eigenvalue weighted by atomic mass is 9.90. The summed E-state index contributed by atoms with van der Waals surface area (Å²) >= 11 is 0. The monoisotopic (exact) mass is 366 g/mol. The summed E-state index contributed by atoms with van der Waals surface area (Å²) in [4.78, 5) is 18.8. The maximum atomic E-state index is 12.2. The Morgan fingerprint density at radius 3 is 3.07 bits per heavy atom. The number of furan rings is 1. The largest absolute Gasteiger partial charge is 0.472 e. The van der Waals surface area contributed by atoms with E-state index in [4.69, 9.17) is 8.94 Å². The fourth-order valence-corrected chi connectivity index (χ4v) is 3.43. The number of carbonyl (C=O) groups excluding carboxylic acids is 1. The molecule has 7 heteroatoms. The smallest absolute Gasteiger partial charge is 0.227 e. The summed E-state index contributed by atoms with van der Waals surface area (Å²) in [7, 11) is 2.11. The molecule has 1 amide bonds. The van der Waals surface area contributed by atoms with Crippen LogP contribution in [-0.4, -0.2) is 36.2 Å². The number of amides is 1. The van der Waals surface area contributed by atoms with Crippen LogP contribution in [0.4, 0.5) is 5.69 Å². The summed E-state index contributed by atoms with van der Waals surface area (Å²) in [6.45, 7) is 1.64. The molecule has 0 saturated carbocycles. The normalized spacial score (nSPS) is 16.2. The highest BCUT2D eigenvalue weighted by molar-refractivity contribution is 5.76. The molecular formula is C20H22N4O3. The summed E-state index contributed by atoms with van der Waals surface area (Å²) in [5.74, 6) is 1.26. The Labute approximate surface area is 157 Å². The molecule has 3 heterocycles. The molecule has 27 heavy (non-hydrogen) atoms. The van der Waals surface area contributed by atoms with Crippen molar-refractivity contribution in [3.05, 3.63) is 54.3 Å². The molecule has 4 rings (SSSR count). The topological polar surface area (TPSA) is 84.4 Å². The molecular weight excluding hydrogens is 344 g/mol. The fourth-order valence-electron chi connectivity index (χ4n) is 3.43. The summed E-state index contributed by atoms with van der Waals surface area (Å²) in [5.41, 5.74) is 3.31. The molecule has 7 nitrogen and oxygen atoms in total. The van der Waals surface area contributed by atoms with Gasteiger partial charge in [-0.1, -0.05) is 23.4 Å². The molecule has 0 aliphatic carbocycles. The number of para-hydroxylation sites is 1. The van der Waals surface area contributed by atoms with Crippen molar-refractivity contribution in [2.75, 3.05) is 25.0 Å². The fraction of sp³-hybridized carbons (Fsp3) is 0.350. The van der Waals surface area contributed by atoms with Crippen LogP contribution in [0.25, 0.3) is 11.4 Å². The maximum Gasteiger partial charge on any atom is 0.227 e. The van der Waals surface area contributed by atoms with Crippen LogP contribution in [0.15, 0.2) is 51.8 Å². The van der Waals surface area contributed by atoms with E-state index >= 15 is 0 Å². The van der Waals surface area contributed by atoms with E-state index < -0.39 is 0 Å². The molecule has 0 fully saturated rings. The van der Waals surface area contributed by atoms with Crippen molar-refractivity contribution in [2.24, 2.45) is 0 Å². The third-order valence-corrected chi connectivity index (χ3v) is 4.96. The molecule has 1 aromatic carbocycles. The lowest BCUT2D eigenvalue weighted by molar-refractivity contribution is -0.121. The average molecular weight is 366 g/mol. The molecule has 140 valence electrons. The van der Waals surface area contributed by atoms with Gasteiger partial charge in [-0.25, -0.2) is 0 Å². The van der Waals surface area contributed by atoms with E-state index in [9.17, 15) is 4.79 Å². The first kappa shape index (κ1) is 17.3. The van der Waals surface area contributed by atoms with Crippen LogP contribution in [0, 0.1) is 0 Å². The van der Waals surface area contributed by atoms with E-state index in [1.165, 1.54) is 11.3 Å². The van der Waals surface area contributed by atoms with Gasteiger partial charge in [0.2, 0.25) is 17.6 Å². The first-order valence-corrected chi connectivity index (χ1v) is 9.12. The Hall–Kier alpha value is -3.09. The number of fused-ring (bicyclic) bond motifs is 1. The standard InChI is InChI=1S/C20H22N4O3/c1-24-10-8-14(16-4-2-3-5-17(16)24)12-21-18(25)6-7-19-22-20(23-27-19)15-9-11-26-13-15/h2-5,9,11,13-14H,6-8,10,12H2,1H3,(H,21,25). The number of nitrogens with one attached hydrogen (secondary N) is 1. The van der Waals surface area contributed by atoms with Gasteiger partial charge in [-0.05, 0) is 24.1 Å². The summed E-state index contributed by atoms with van der Waals surface area (Å²) in [5, 5.41) is 6.96. The third kappa shape index (κ3) is 3.86. The number of rotatable bonds is 6. The van der Waals surface area contributed by atoms with Gasteiger partial charge >= 0.3 is 0 Å². The number of benzene rings is 1. The molecule has 1 unspecified atom stereocenters. The Kier molecular flexibility index (Phi) is 4.91. The Morgan fingerprint density at radius 1 is 1.33 bits per heavy atom. The molecule has 0 saturated heterocycles. The summed E-state index contributed by atoms with van der Waals surface area (Å²) in [6, 6.07) is 10.2. The van der Waals surface area contributed by atoms with Crippen LogP contribution in [0.2, 0.25) is 0 Å². The lowest BCUT2D eigenvalue weighted by Gasteiger charge is -2.33. The zero-order valence-electron chi connectivity index (χ0n) is 15.2. The predicted octanol–water partition coefficient (Wildman–Crippen LogP) is 3.00. The Bertz CT molecular complexity index is 904. The van der Waals surface area contributed by atoms with Crippen molar-refractivity contribution in [3.8, 4) is 11.4 Å². The van der Waals surface area contributed by atoms with Gasteiger partial charge in [-0.15, -0.1) is 0 Å². The molecule has 1 aliphatic heterocycles. The second-order valence-corrected chi connectivity index (χ2v) is 6.79. The van der Waals surface area contributed by atoms with Crippen molar-refractivity contribution in [2.45, 2.75) is 25.2 Å². The van der Waals surface area contributed by atoms with Gasteiger partial charge in [0, 0.05) is 44.6 Å². The highest BCUT2D eigenvalue weighted by atomic mass is 16.5. The van der Waals surface area contributed by atoms with E-state index in [0.29, 0.717) is 37.0 Å². The lowest BCUT2D eigenvalue weighted by Crippen LogP contribution is -2.34. The van der Waals surface area contributed by atoms with Crippen LogP contribution in [0.1, 0.15) is 30.2 Å². The molecule has 3 aromatic rings. The van der Waals surface area contributed by atoms with Crippen molar-refractivity contribution >= 4 is 11.6 Å². The predicted molar refractivity (Wildman–Crippen MR) is 100 cm³/mol. The third-order valence-electron chi connectivity index (χ3n) is 4.96. The highest BCUT2D eigenvalue weighted by Crippen LogP contribution is 2.33. The number of carbonyl (C=O) groups is 1. The molecule has 1 aliphatic rings. The Morgan fingerprint density at radius 2 is 2.22 bits per heavy atom. The van der Waals surface area contributed by atoms with Gasteiger partial charge in [0.15, 0.2) is 0 Å². The molecule has 1 N–H and O–H groups in total. The second kappa shape index (κ2) is 7.65. The number of hydrogen-bond acceptors (Lipinski definition) is 6. The molecule has 0 radical (unpaired) electrons. The maximum absolute atomic E-state index is 12.2. The van der Waals surface area contributed by atoms with Crippen LogP contribution < -0.4 is 10.2 Å². The van der Waals surface area contributed by atoms with Crippen LogP contribution in [-0.2, 0) is 11.2 Å². The van der Waals surface area contributed by atoms with Gasteiger partial charge in [-0.3, -0.25) is 4.79 Å². The van der Waals surface area contributed by atoms with Crippen LogP contribution >= 0.6 is 0 Å². The molecule has 2 aromatic heterocycles. The first-order chi connectivity index (χ1) is 13.2. The van der Waals surface area contributed by atoms with Crippen molar-refractivity contribution < 1.29 is 13.7 Å². The van der Waals surface area contributed by atoms with E-state index in [1.807, 2.05) is 0 Å². The second-order valence-electron chi connectivity index (χ2n) is 6.79. The zero-order valence-corrected chi connectivity index (χ0v) is 15.2. The van der Waals surface area contributed by atoms with Gasteiger partial charge in [0.05, 0.1) is 11.8 Å². The van der Waals surface area contributed by atoms with Crippen LogP contribution in [0.3, 0.4) is 0 Å². The van der Waals surface area contributed by atoms with Crippen molar-refractivity contribution in [1.29, 1.82) is 0 Å². The van der Waals surface area contributed by atoms with Gasteiger partial charge < -0.3 is 19.2 Å². The quantitative estimate of drug-likeness (QED) is 0.722.